The molecule has 152 valence electrons. The number of pyridine rings is 1. The molecule has 1 aliphatic heterocycles. The number of likely N-dealkylation sites (N-methyl/N-ethyl adjacent to an activating group) is 1. The molecule has 2 aromatic rings. The number of Topliss-reactive ketones (excluding diaryl/α,β-unsaturated/α-hetero) is 1. The van der Waals surface area contributed by atoms with Gasteiger partial charge in [0.05, 0.1) is 11.6 Å². The summed E-state index contributed by atoms with van der Waals surface area (Å²) in [6, 6.07) is 8.04. The third kappa shape index (κ3) is 4.19. The Hall–Kier alpha value is -3.06. The number of hydrogen-bond donors (Lipinski definition) is 1. The van der Waals surface area contributed by atoms with Crippen LogP contribution >= 0.6 is 0 Å². The van der Waals surface area contributed by atoms with Gasteiger partial charge in [-0.2, -0.15) is 0 Å². The lowest BCUT2D eigenvalue weighted by Gasteiger charge is -2.28. The maximum Gasteiger partial charge on any atom is 0.295 e. The van der Waals surface area contributed by atoms with Gasteiger partial charge in [0.1, 0.15) is 11.6 Å². The van der Waals surface area contributed by atoms with Crippen molar-refractivity contribution in [3.05, 3.63) is 71.3 Å². The van der Waals surface area contributed by atoms with E-state index in [0.717, 1.165) is 13.1 Å². The average molecular weight is 397 g/mol. The summed E-state index contributed by atoms with van der Waals surface area (Å²) in [6.07, 6.45) is 2.98. The zero-order valence-corrected chi connectivity index (χ0v) is 16.5. The van der Waals surface area contributed by atoms with E-state index in [-0.39, 0.29) is 11.3 Å². The molecule has 0 spiro atoms. The van der Waals surface area contributed by atoms with E-state index < -0.39 is 23.5 Å². The topological polar surface area (TPSA) is 73.7 Å². The maximum absolute atomic E-state index is 13.9. The SMILES string of the molecule is CCN(CC)CCN1C(=O)C(=O)/C(=C(/O)c2ccncc2)C1c1cccc(F)c1. The number of ketones is 1. The first-order valence-corrected chi connectivity index (χ1v) is 9.64. The van der Waals surface area contributed by atoms with E-state index in [1.807, 2.05) is 13.8 Å². The molecule has 1 unspecified atom stereocenters. The maximum atomic E-state index is 13.9. The van der Waals surface area contributed by atoms with E-state index in [2.05, 4.69) is 9.88 Å². The monoisotopic (exact) mass is 397 g/mol. The van der Waals surface area contributed by atoms with Crippen molar-refractivity contribution < 1.29 is 19.1 Å². The third-order valence-electron chi connectivity index (χ3n) is 5.21. The van der Waals surface area contributed by atoms with Crippen molar-refractivity contribution >= 4 is 17.4 Å². The van der Waals surface area contributed by atoms with Gasteiger partial charge in [-0.1, -0.05) is 26.0 Å². The van der Waals surface area contributed by atoms with Gasteiger partial charge >= 0.3 is 0 Å². The minimum absolute atomic E-state index is 0.0358. The third-order valence-corrected chi connectivity index (χ3v) is 5.21. The molecular formula is C22H24FN3O3. The highest BCUT2D eigenvalue weighted by molar-refractivity contribution is 6.46. The van der Waals surface area contributed by atoms with E-state index in [1.54, 1.807) is 18.2 Å². The van der Waals surface area contributed by atoms with E-state index >= 15 is 0 Å². The molecule has 2 heterocycles. The van der Waals surface area contributed by atoms with Crippen molar-refractivity contribution in [2.24, 2.45) is 0 Å². The number of rotatable bonds is 7. The van der Waals surface area contributed by atoms with Crippen LogP contribution in [0.1, 0.15) is 31.0 Å². The molecular weight excluding hydrogens is 373 g/mol. The smallest absolute Gasteiger partial charge is 0.295 e. The van der Waals surface area contributed by atoms with Gasteiger partial charge in [-0.3, -0.25) is 14.6 Å². The lowest BCUT2D eigenvalue weighted by Crippen LogP contribution is -2.38. The Morgan fingerprint density at radius 1 is 1.17 bits per heavy atom. The standard InChI is InChI=1S/C22H24FN3O3/c1-3-25(4-2)12-13-26-19(16-6-5-7-17(23)14-16)18(21(28)22(26)29)20(27)15-8-10-24-11-9-15/h5-11,14,19,27H,3-4,12-13H2,1-2H3/b20-18+. The van der Waals surface area contributed by atoms with Crippen LogP contribution in [-0.2, 0) is 9.59 Å². The number of aliphatic hydroxyl groups is 1. The van der Waals surface area contributed by atoms with E-state index in [9.17, 15) is 19.1 Å². The Bertz CT molecular complexity index is 926. The van der Waals surface area contributed by atoms with Gasteiger partial charge in [0, 0.05) is 31.0 Å². The zero-order chi connectivity index (χ0) is 21.0. The van der Waals surface area contributed by atoms with Crippen molar-refractivity contribution in [1.82, 2.24) is 14.8 Å². The van der Waals surface area contributed by atoms with Crippen LogP contribution in [0.2, 0.25) is 0 Å². The number of benzene rings is 1. The molecule has 1 aromatic heterocycles. The lowest BCUT2D eigenvalue weighted by atomic mass is 9.95. The number of carbonyl (C=O) groups excluding carboxylic acids is 2. The van der Waals surface area contributed by atoms with Crippen molar-refractivity contribution in [2.45, 2.75) is 19.9 Å². The first kappa shape index (κ1) is 20.7. The molecule has 29 heavy (non-hydrogen) atoms. The van der Waals surface area contributed by atoms with Gasteiger partial charge < -0.3 is 14.9 Å². The molecule has 6 nitrogen and oxygen atoms in total. The highest BCUT2D eigenvalue weighted by Crippen LogP contribution is 2.39. The van der Waals surface area contributed by atoms with Crippen LogP contribution in [-0.4, -0.2) is 57.8 Å². The quantitative estimate of drug-likeness (QED) is 0.442. The normalized spacial score (nSPS) is 18.6. The molecule has 1 aliphatic rings. The number of aliphatic hydroxyl groups excluding tert-OH is 1. The molecule has 1 saturated heterocycles. The molecule has 1 aromatic carbocycles. The number of likely N-dealkylation sites (tertiary alicyclic amines) is 1. The van der Waals surface area contributed by atoms with Crippen molar-refractivity contribution in [3.63, 3.8) is 0 Å². The van der Waals surface area contributed by atoms with Crippen LogP contribution in [0.25, 0.3) is 5.76 Å². The molecule has 0 radical (unpaired) electrons. The van der Waals surface area contributed by atoms with E-state index in [0.29, 0.717) is 24.2 Å². The minimum Gasteiger partial charge on any atom is -0.507 e. The first-order valence-electron chi connectivity index (χ1n) is 9.64. The summed E-state index contributed by atoms with van der Waals surface area (Å²) >= 11 is 0. The molecule has 7 heteroatoms. The zero-order valence-electron chi connectivity index (χ0n) is 16.5. The largest absolute Gasteiger partial charge is 0.507 e. The first-order chi connectivity index (χ1) is 14.0. The van der Waals surface area contributed by atoms with E-state index in [1.165, 1.54) is 35.5 Å². The van der Waals surface area contributed by atoms with Crippen LogP contribution in [0, 0.1) is 5.82 Å². The number of aromatic nitrogens is 1. The van der Waals surface area contributed by atoms with Crippen molar-refractivity contribution in [1.29, 1.82) is 0 Å². The summed E-state index contributed by atoms with van der Waals surface area (Å²) in [5.74, 6) is -2.22. The number of hydrogen-bond acceptors (Lipinski definition) is 5. The summed E-state index contributed by atoms with van der Waals surface area (Å²) in [7, 11) is 0. The van der Waals surface area contributed by atoms with Crippen LogP contribution in [0.5, 0.6) is 0 Å². The minimum atomic E-state index is -0.852. The summed E-state index contributed by atoms with van der Waals surface area (Å²) in [6.45, 7) is 6.52. The summed E-state index contributed by atoms with van der Waals surface area (Å²) < 4.78 is 13.9. The molecule has 3 rings (SSSR count). The van der Waals surface area contributed by atoms with Crippen LogP contribution in [0.4, 0.5) is 4.39 Å². The summed E-state index contributed by atoms with van der Waals surface area (Å²) in [5, 5.41) is 10.8. The number of nitrogens with zero attached hydrogens (tertiary/aromatic N) is 3. The average Bonchev–Trinajstić information content (AvgIpc) is 2.99. The van der Waals surface area contributed by atoms with Gasteiger partial charge in [0.15, 0.2) is 0 Å². The second kappa shape index (κ2) is 8.96. The van der Waals surface area contributed by atoms with Crippen LogP contribution < -0.4 is 0 Å². The van der Waals surface area contributed by atoms with E-state index in [4.69, 9.17) is 0 Å². The lowest BCUT2D eigenvalue weighted by molar-refractivity contribution is -0.140. The Morgan fingerprint density at radius 3 is 2.48 bits per heavy atom. The second-order valence-corrected chi connectivity index (χ2v) is 6.81. The molecule has 1 N–H and O–H groups in total. The molecule has 0 bridgehead atoms. The van der Waals surface area contributed by atoms with Gasteiger partial charge in [0.25, 0.3) is 11.7 Å². The van der Waals surface area contributed by atoms with Crippen molar-refractivity contribution in [3.8, 4) is 0 Å². The predicted molar refractivity (Wildman–Crippen MR) is 107 cm³/mol. The van der Waals surface area contributed by atoms with Gasteiger partial charge in [-0.15, -0.1) is 0 Å². The molecule has 1 atom stereocenters. The Labute approximate surface area is 169 Å². The molecule has 0 aliphatic carbocycles. The molecule has 0 saturated carbocycles. The molecule has 1 amide bonds. The Morgan fingerprint density at radius 2 is 1.86 bits per heavy atom. The van der Waals surface area contributed by atoms with Gasteiger partial charge in [-0.25, -0.2) is 4.39 Å². The van der Waals surface area contributed by atoms with Crippen molar-refractivity contribution in [2.75, 3.05) is 26.2 Å². The highest BCUT2D eigenvalue weighted by atomic mass is 19.1. The summed E-state index contributed by atoms with van der Waals surface area (Å²) in [4.78, 5) is 33.1. The summed E-state index contributed by atoms with van der Waals surface area (Å²) in [5.41, 5.74) is 0.786. The Kier molecular flexibility index (Phi) is 6.39. The van der Waals surface area contributed by atoms with Gasteiger partial charge in [-0.05, 0) is 42.9 Å². The fourth-order valence-corrected chi connectivity index (χ4v) is 3.59. The Balaban J connectivity index is 2.09. The highest BCUT2D eigenvalue weighted by Gasteiger charge is 2.46. The number of carbonyl (C=O) groups is 2. The fraction of sp³-hybridized carbons (Fsp3) is 0.318. The number of amides is 1. The van der Waals surface area contributed by atoms with Crippen LogP contribution in [0.3, 0.4) is 0 Å². The molecule has 1 fully saturated rings. The number of halogens is 1. The predicted octanol–water partition coefficient (Wildman–Crippen LogP) is 2.98. The van der Waals surface area contributed by atoms with Crippen LogP contribution in [0.15, 0.2) is 54.4 Å². The second-order valence-electron chi connectivity index (χ2n) is 6.81. The fourth-order valence-electron chi connectivity index (χ4n) is 3.59. The van der Waals surface area contributed by atoms with Gasteiger partial charge in [0.2, 0.25) is 0 Å².